The Balaban J connectivity index is 1.14. The van der Waals surface area contributed by atoms with Crippen LogP contribution in [0.5, 0.6) is 0 Å². The van der Waals surface area contributed by atoms with Gasteiger partial charge in [0.25, 0.3) is 0 Å². The number of benzene rings is 6. The van der Waals surface area contributed by atoms with Gasteiger partial charge in [0.2, 0.25) is 0 Å². The van der Waals surface area contributed by atoms with Crippen LogP contribution in [0.25, 0.3) is 71.7 Å². The summed E-state index contributed by atoms with van der Waals surface area (Å²) in [7, 11) is 0. The van der Waals surface area contributed by atoms with E-state index < -0.39 is 0 Å². The van der Waals surface area contributed by atoms with E-state index in [0.717, 1.165) is 12.8 Å². The smallest absolute Gasteiger partial charge is 0.0541 e. The molecule has 0 saturated carbocycles. The summed E-state index contributed by atoms with van der Waals surface area (Å²) in [6.07, 6.45) is 6.99. The third-order valence-corrected chi connectivity index (χ3v) is 10.8. The highest BCUT2D eigenvalue weighted by Crippen LogP contribution is 2.50. The molecule has 0 saturated heterocycles. The summed E-state index contributed by atoms with van der Waals surface area (Å²) in [4.78, 5) is 0. The number of fused-ring (bicyclic) bond motifs is 8. The Labute approximate surface area is 274 Å². The number of para-hydroxylation sites is 3. The van der Waals surface area contributed by atoms with Gasteiger partial charge in [-0.3, -0.25) is 0 Å². The molecule has 10 rings (SSSR count). The van der Waals surface area contributed by atoms with Crippen LogP contribution in [0.4, 0.5) is 0 Å². The molecule has 2 aliphatic carbocycles. The molecule has 6 aromatic carbocycles. The molecule has 0 atom stereocenters. The molecule has 0 bridgehead atoms. The minimum atomic E-state index is 0.00576. The molecule has 2 heterocycles. The normalized spacial score (nSPS) is 15.3. The lowest BCUT2D eigenvalue weighted by atomic mass is 9.80. The second kappa shape index (κ2) is 9.70. The zero-order chi connectivity index (χ0) is 31.3. The molecule has 2 heteroatoms. The van der Waals surface area contributed by atoms with Gasteiger partial charge in [0, 0.05) is 38.3 Å². The van der Waals surface area contributed by atoms with E-state index in [2.05, 4.69) is 169 Å². The van der Waals surface area contributed by atoms with Crippen molar-refractivity contribution in [2.45, 2.75) is 32.1 Å². The summed E-state index contributed by atoms with van der Waals surface area (Å²) < 4.78 is 4.85. The van der Waals surface area contributed by atoms with Gasteiger partial charge in [-0.1, -0.05) is 98.8 Å². The maximum Gasteiger partial charge on any atom is 0.0541 e. The first-order valence-electron chi connectivity index (χ1n) is 16.8. The van der Waals surface area contributed by atoms with E-state index in [1.54, 1.807) is 0 Å². The van der Waals surface area contributed by atoms with Crippen LogP contribution < -0.4 is 0 Å². The molecule has 0 fully saturated rings. The zero-order valence-electron chi connectivity index (χ0n) is 26.7. The third-order valence-electron chi connectivity index (χ3n) is 10.8. The highest BCUT2D eigenvalue weighted by Gasteiger charge is 2.37. The van der Waals surface area contributed by atoms with Crippen molar-refractivity contribution in [1.82, 2.24) is 9.13 Å². The molecule has 2 nitrogen and oxygen atoms in total. The number of nitrogens with zero attached hydrogens (tertiary/aromatic N) is 2. The van der Waals surface area contributed by atoms with Crippen LogP contribution in [0.2, 0.25) is 0 Å². The number of rotatable bonds is 3. The van der Waals surface area contributed by atoms with Crippen LogP contribution in [0.15, 0.2) is 151 Å². The summed E-state index contributed by atoms with van der Waals surface area (Å²) in [6, 6.07) is 49.5. The summed E-state index contributed by atoms with van der Waals surface area (Å²) >= 11 is 0. The van der Waals surface area contributed by atoms with Gasteiger partial charge in [-0.2, -0.15) is 0 Å². The van der Waals surface area contributed by atoms with Crippen molar-refractivity contribution in [3.8, 4) is 22.5 Å². The first-order chi connectivity index (χ1) is 23.1. The van der Waals surface area contributed by atoms with E-state index in [-0.39, 0.29) is 5.41 Å². The van der Waals surface area contributed by atoms with Gasteiger partial charge in [0.05, 0.1) is 22.1 Å². The van der Waals surface area contributed by atoms with Gasteiger partial charge < -0.3 is 9.13 Å². The molecule has 47 heavy (non-hydrogen) atoms. The van der Waals surface area contributed by atoms with Gasteiger partial charge in [-0.15, -0.1) is 0 Å². The lowest BCUT2D eigenvalue weighted by Crippen LogP contribution is -2.17. The van der Waals surface area contributed by atoms with Crippen LogP contribution in [0, 0.1) is 0 Å². The fourth-order valence-electron chi connectivity index (χ4n) is 8.56. The highest BCUT2D eigenvalue weighted by atomic mass is 15.0. The van der Waals surface area contributed by atoms with Crippen molar-refractivity contribution in [1.29, 1.82) is 0 Å². The van der Waals surface area contributed by atoms with Crippen molar-refractivity contribution < 1.29 is 0 Å². The van der Waals surface area contributed by atoms with Crippen LogP contribution in [-0.4, -0.2) is 9.13 Å². The van der Waals surface area contributed by atoms with Crippen molar-refractivity contribution in [3.05, 3.63) is 162 Å². The van der Waals surface area contributed by atoms with Crippen molar-refractivity contribution in [2.75, 3.05) is 0 Å². The first kappa shape index (κ1) is 26.6. The average Bonchev–Trinajstić information content (AvgIpc) is 3.71. The molecule has 0 aliphatic heterocycles. The second-order valence-electron chi connectivity index (χ2n) is 13.7. The number of hydrogen-bond acceptors (Lipinski definition) is 0. The molecule has 2 aromatic heterocycles. The Morgan fingerprint density at radius 2 is 1.09 bits per heavy atom. The third kappa shape index (κ3) is 3.73. The van der Waals surface area contributed by atoms with Crippen LogP contribution in [0.1, 0.15) is 37.8 Å². The van der Waals surface area contributed by atoms with Crippen molar-refractivity contribution >= 4 is 49.2 Å². The predicted molar refractivity (Wildman–Crippen MR) is 199 cm³/mol. The van der Waals surface area contributed by atoms with Crippen LogP contribution >= 0.6 is 0 Å². The Kier molecular flexibility index (Phi) is 5.49. The molecule has 0 unspecified atom stereocenters. The lowest BCUT2D eigenvalue weighted by Gasteiger charge is -2.24. The lowest BCUT2D eigenvalue weighted by molar-refractivity contribution is 0.651. The topological polar surface area (TPSA) is 9.86 Å². The van der Waals surface area contributed by atoms with Crippen LogP contribution in [0.3, 0.4) is 0 Å². The Morgan fingerprint density at radius 1 is 0.511 bits per heavy atom. The van der Waals surface area contributed by atoms with Crippen LogP contribution in [-0.2, 0) is 5.41 Å². The summed E-state index contributed by atoms with van der Waals surface area (Å²) in [6.45, 7) is 4.78. The molecule has 2 aliphatic rings. The summed E-state index contributed by atoms with van der Waals surface area (Å²) in [5.74, 6) is 0. The fourth-order valence-corrected chi connectivity index (χ4v) is 8.56. The average molecular weight is 603 g/mol. The maximum atomic E-state index is 2.47. The van der Waals surface area contributed by atoms with Gasteiger partial charge in [0.1, 0.15) is 0 Å². The number of hydrogen-bond donors (Lipinski definition) is 0. The van der Waals surface area contributed by atoms with Gasteiger partial charge >= 0.3 is 0 Å². The first-order valence-corrected chi connectivity index (χ1v) is 16.8. The van der Waals surface area contributed by atoms with Crippen molar-refractivity contribution in [3.63, 3.8) is 0 Å². The maximum absolute atomic E-state index is 2.47. The molecule has 0 amide bonds. The van der Waals surface area contributed by atoms with E-state index in [0.29, 0.717) is 0 Å². The van der Waals surface area contributed by atoms with E-state index in [9.17, 15) is 0 Å². The Morgan fingerprint density at radius 3 is 1.74 bits per heavy atom. The SMILES string of the molecule is CC1(C)C2=C(CCC=C2)c2ccc(-n3c4ccccc4c4cc(-c5ccc6c(c5)c5ccccc5n6-c5ccccc5)ccc43)cc21. The monoisotopic (exact) mass is 602 g/mol. The highest BCUT2D eigenvalue weighted by molar-refractivity contribution is 6.12. The van der Waals surface area contributed by atoms with Crippen molar-refractivity contribution in [2.24, 2.45) is 0 Å². The second-order valence-corrected chi connectivity index (χ2v) is 13.7. The molecular formula is C45H34N2. The fraction of sp³-hybridized carbons (Fsp3) is 0.111. The predicted octanol–water partition coefficient (Wildman–Crippen LogP) is 11.9. The minimum Gasteiger partial charge on any atom is -0.309 e. The Hall–Kier alpha value is -5.60. The van der Waals surface area contributed by atoms with Gasteiger partial charge in [0.15, 0.2) is 0 Å². The van der Waals surface area contributed by atoms with E-state index in [1.165, 1.54) is 88.4 Å². The standard InChI is InChI=1S/C45H34N2/c1-45(2)39-17-9-6-14-33(39)34-23-22-32(28-40(34)45)47-42-19-11-8-16-36(42)38-27-30(21-25-44(38)47)29-20-24-43-37(26-29)35-15-7-10-18-41(35)46(43)31-12-4-3-5-13-31/h3-5,7-13,15-28H,6,14H2,1-2H3. The molecule has 0 N–H and O–H groups in total. The Bertz CT molecular complexity index is 2640. The van der Waals surface area contributed by atoms with E-state index in [1.807, 2.05) is 0 Å². The number of allylic oxidation sites excluding steroid dienone is 4. The number of aromatic nitrogens is 2. The largest absolute Gasteiger partial charge is 0.309 e. The van der Waals surface area contributed by atoms with Gasteiger partial charge in [-0.25, -0.2) is 0 Å². The molecule has 0 spiro atoms. The molecule has 224 valence electrons. The minimum absolute atomic E-state index is 0.00576. The molecule has 8 aromatic rings. The summed E-state index contributed by atoms with van der Waals surface area (Å²) in [5.41, 5.74) is 15.7. The quantitative estimate of drug-likeness (QED) is 0.190. The van der Waals surface area contributed by atoms with E-state index >= 15 is 0 Å². The van der Waals surface area contributed by atoms with Gasteiger partial charge in [-0.05, 0) is 107 Å². The molecular weight excluding hydrogens is 569 g/mol. The molecule has 0 radical (unpaired) electrons. The summed E-state index contributed by atoms with van der Waals surface area (Å²) in [5, 5.41) is 5.12. The van der Waals surface area contributed by atoms with E-state index in [4.69, 9.17) is 0 Å². The zero-order valence-corrected chi connectivity index (χ0v) is 26.7.